The van der Waals surface area contributed by atoms with E-state index in [4.69, 9.17) is 26.1 Å². The van der Waals surface area contributed by atoms with Gasteiger partial charge in [-0.25, -0.2) is 9.37 Å². The summed E-state index contributed by atoms with van der Waals surface area (Å²) in [6, 6.07) is 17.9. The lowest BCUT2D eigenvalue weighted by atomic mass is 9.88. The number of nitrogens with one attached hydrogen (secondary N) is 1. The maximum atomic E-state index is 14.9. The molecule has 252 valence electrons. The van der Waals surface area contributed by atoms with E-state index >= 15 is 0 Å². The van der Waals surface area contributed by atoms with Gasteiger partial charge >= 0.3 is 6.18 Å². The lowest BCUT2D eigenvalue weighted by Gasteiger charge is -2.32. The maximum Gasteiger partial charge on any atom is 0.451 e. The molecule has 0 unspecified atom stereocenters. The summed E-state index contributed by atoms with van der Waals surface area (Å²) in [6.45, 7) is 4.28. The van der Waals surface area contributed by atoms with Crippen molar-refractivity contribution in [3.63, 3.8) is 0 Å². The third-order valence-electron chi connectivity index (χ3n) is 9.83. The van der Waals surface area contributed by atoms with Gasteiger partial charge in [-0.05, 0) is 87.2 Å². The fourth-order valence-electron chi connectivity index (χ4n) is 6.94. The van der Waals surface area contributed by atoms with Crippen molar-refractivity contribution < 1.29 is 27.0 Å². The second-order valence-corrected chi connectivity index (χ2v) is 13.7. The van der Waals surface area contributed by atoms with E-state index in [1.165, 1.54) is 6.07 Å². The first kappa shape index (κ1) is 31.6. The van der Waals surface area contributed by atoms with Gasteiger partial charge in [-0.1, -0.05) is 23.7 Å². The molecule has 2 fully saturated rings. The molecule has 0 amide bonds. The summed E-state index contributed by atoms with van der Waals surface area (Å²) in [7, 11) is 0. The molecule has 3 aliphatic rings. The lowest BCUT2D eigenvalue weighted by molar-refractivity contribution is -0.144. The van der Waals surface area contributed by atoms with E-state index in [0.717, 1.165) is 55.7 Å². The van der Waals surface area contributed by atoms with Crippen LogP contribution in [-0.4, -0.2) is 42.7 Å². The van der Waals surface area contributed by atoms with E-state index in [-0.39, 0.29) is 17.3 Å². The van der Waals surface area contributed by atoms with Crippen LogP contribution in [0.1, 0.15) is 61.3 Å². The lowest BCUT2D eigenvalue weighted by Crippen LogP contribution is -2.34. The second-order valence-electron chi connectivity index (χ2n) is 13.2. The highest BCUT2D eigenvalue weighted by atomic mass is 35.5. The van der Waals surface area contributed by atoms with Gasteiger partial charge in [0.1, 0.15) is 11.6 Å². The molecule has 0 bridgehead atoms. The third kappa shape index (κ3) is 5.76. The summed E-state index contributed by atoms with van der Waals surface area (Å²) in [6.07, 6.45) is -1.34. The van der Waals surface area contributed by atoms with Crippen molar-refractivity contribution in [3.8, 4) is 29.0 Å². The molecule has 1 atom stereocenters. The fourth-order valence-corrected chi connectivity index (χ4v) is 7.10. The number of likely N-dealkylation sites (tertiary alicyclic amines) is 1. The molecule has 1 N–H and O–H groups in total. The third-order valence-corrected chi connectivity index (χ3v) is 10.1. The van der Waals surface area contributed by atoms with Crippen molar-refractivity contribution in [2.24, 2.45) is 5.41 Å². The van der Waals surface area contributed by atoms with Gasteiger partial charge in [0.05, 0.1) is 34.6 Å². The van der Waals surface area contributed by atoms with Crippen molar-refractivity contribution >= 4 is 22.6 Å². The number of hydrogen-bond acceptors (Lipinski definition) is 7. The molecular weight excluding hydrogens is 662 g/mol. The van der Waals surface area contributed by atoms with Gasteiger partial charge in [-0.2, -0.15) is 18.4 Å². The molecule has 4 heterocycles. The van der Waals surface area contributed by atoms with E-state index in [1.807, 2.05) is 24.3 Å². The number of aromatic nitrogens is 5. The number of para-hydroxylation sites is 1. The predicted molar refractivity (Wildman–Crippen MR) is 171 cm³/mol. The van der Waals surface area contributed by atoms with E-state index in [9.17, 15) is 22.8 Å². The van der Waals surface area contributed by atoms with Crippen molar-refractivity contribution in [2.75, 3.05) is 13.1 Å². The van der Waals surface area contributed by atoms with E-state index < -0.39 is 29.0 Å². The summed E-state index contributed by atoms with van der Waals surface area (Å²) in [5.74, 6) is -0.829. The van der Waals surface area contributed by atoms with Crippen LogP contribution in [0.2, 0.25) is 5.02 Å². The number of hydrogen-bond donors (Lipinski definition) is 1. The topological polar surface area (TPSA) is 105 Å². The van der Waals surface area contributed by atoms with Gasteiger partial charge in [-0.15, -0.1) is 10.2 Å². The number of H-pyrrole nitrogens is 1. The van der Waals surface area contributed by atoms with Gasteiger partial charge in [0.15, 0.2) is 17.3 Å². The van der Waals surface area contributed by atoms with E-state index in [2.05, 4.69) is 30.7 Å². The maximum absolute atomic E-state index is 14.9. The van der Waals surface area contributed by atoms with Crippen LogP contribution in [0.25, 0.3) is 22.4 Å². The molecular formula is C35H30ClF4N7O2. The van der Waals surface area contributed by atoms with Crippen molar-refractivity contribution in [2.45, 2.75) is 63.6 Å². The minimum absolute atomic E-state index is 0.00322. The van der Waals surface area contributed by atoms with Gasteiger partial charge in [0.2, 0.25) is 5.82 Å². The van der Waals surface area contributed by atoms with Crippen molar-refractivity contribution in [1.82, 2.24) is 29.6 Å². The van der Waals surface area contributed by atoms with E-state index in [0.29, 0.717) is 40.7 Å². The molecule has 8 rings (SSSR count). The number of benzene rings is 3. The average Bonchev–Trinajstić information content (AvgIpc) is 3.35. The fraction of sp³-hybridized carbons (Fsp3) is 0.371. The summed E-state index contributed by atoms with van der Waals surface area (Å²) in [5.41, 5.74) is 2.69. The zero-order chi connectivity index (χ0) is 34.1. The zero-order valence-electron chi connectivity index (χ0n) is 26.3. The van der Waals surface area contributed by atoms with Crippen LogP contribution in [0, 0.1) is 22.6 Å². The molecule has 9 nitrogen and oxygen atoms in total. The molecule has 1 saturated heterocycles. The average molecular weight is 692 g/mol. The molecule has 0 radical (unpaired) electrons. The Kier molecular flexibility index (Phi) is 7.38. The molecule has 3 aromatic carbocycles. The van der Waals surface area contributed by atoms with E-state index in [1.54, 1.807) is 31.2 Å². The number of nitrogens with zero attached hydrogens (tertiary/aromatic N) is 6. The molecule has 49 heavy (non-hydrogen) atoms. The smallest absolute Gasteiger partial charge is 0.444 e. The predicted octanol–water partition coefficient (Wildman–Crippen LogP) is 7.96. The van der Waals surface area contributed by atoms with Crippen LogP contribution in [0.15, 0.2) is 54.6 Å². The highest BCUT2D eigenvalue weighted by molar-refractivity contribution is 6.30. The largest absolute Gasteiger partial charge is 0.451 e. The number of rotatable bonds is 7. The first-order valence-electron chi connectivity index (χ1n) is 16.0. The molecule has 2 aliphatic heterocycles. The quantitative estimate of drug-likeness (QED) is 0.173. The van der Waals surface area contributed by atoms with Crippen LogP contribution in [-0.2, 0) is 25.1 Å². The number of nitriles is 1. The zero-order valence-corrected chi connectivity index (χ0v) is 27.1. The SMILES string of the molecule is C[C@]1(c2ccc(Cl)cc2F)Oc2cccc(C3CCN(Cc4nc5cc(-c6nnc(C(F)(F)F)[nH]6)ccc5n4CC4(C#N)CC4)CC3)c2O1. The number of halogens is 5. The highest BCUT2D eigenvalue weighted by Crippen LogP contribution is 2.50. The first-order chi connectivity index (χ1) is 23.4. The molecule has 1 saturated carbocycles. The number of imidazole rings is 1. The molecule has 2 aromatic heterocycles. The standard InChI is InChI=1S/C35H30ClF4N7O2/c1-33(24-7-6-22(36)16-25(24)37)48-28-4-2-3-23(30(28)49-33)20-9-13-46(14-10-20)17-29-42-26-15-21(31-43-32(45-44-31)35(38,39)40)5-8-27(26)47(29)19-34(18-41)11-12-34/h2-8,15-16,20H,9-14,17,19H2,1H3,(H,43,44,45)/t33-/m0/s1. The minimum Gasteiger partial charge on any atom is -0.444 e. The van der Waals surface area contributed by atoms with Crippen LogP contribution in [0.4, 0.5) is 17.6 Å². The molecule has 0 spiro atoms. The Morgan fingerprint density at radius 2 is 1.86 bits per heavy atom. The Labute approximate surface area is 283 Å². The van der Waals surface area contributed by atoms with Gasteiger partial charge in [0, 0.05) is 29.6 Å². The number of ether oxygens (including phenoxy) is 2. The van der Waals surface area contributed by atoms with Crippen LogP contribution >= 0.6 is 11.6 Å². The summed E-state index contributed by atoms with van der Waals surface area (Å²) in [5, 5.41) is 17.1. The number of alkyl halides is 3. The van der Waals surface area contributed by atoms with Crippen LogP contribution < -0.4 is 9.47 Å². The molecule has 14 heteroatoms. The number of piperidine rings is 1. The van der Waals surface area contributed by atoms with Crippen molar-refractivity contribution in [1.29, 1.82) is 5.26 Å². The Bertz CT molecular complexity index is 2130. The summed E-state index contributed by atoms with van der Waals surface area (Å²) >= 11 is 5.98. The van der Waals surface area contributed by atoms with Gasteiger partial charge < -0.3 is 19.0 Å². The Hall–Kier alpha value is -4.67. The highest BCUT2D eigenvalue weighted by Gasteiger charge is 2.45. The Balaban J connectivity index is 1.01. The van der Waals surface area contributed by atoms with Gasteiger partial charge in [0.25, 0.3) is 5.79 Å². The minimum atomic E-state index is -4.63. The molecule has 1 aliphatic carbocycles. The van der Waals surface area contributed by atoms with Crippen molar-refractivity contribution in [3.05, 3.63) is 88.2 Å². The summed E-state index contributed by atoms with van der Waals surface area (Å²) in [4.78, 5) is 9.51. The summed E-state index contributed by atoms with van der Waals surface area (Å²) < 4.78 is 68.9. The normalized spacial score (nSPS) is 20.5. The molecule has 5 aromatic rings. The van der Waals surface area contributed by atoms with Gasteiger partial charge in [-0.3, -0.25) is 4.90 Å². The van der Waals surface area contributed by atoms with Crippen LogP contribution in [0.3, 0.4) is 0 Å². The first-order valence-corrected chi connectivity index (χ1v) is 16.4. The Morgan fingerprint density at radius 3 is 2.55 bits per heavy atom. The second kappa shape index (κ2) is 11.5. The number of aromatic amines is 1. The monoisotopic (exact) mass is 691 g/mol. The number of fused-ring (bicyclic) bond motifs is 2. The Morgan fingerprint density at radius 1 is 1.06 bits per heavy atom. The van der Waals surface area contributed by atoms with Crippen LogP contribution in [0.5, 0.6) is 11.5 Å².